The van der Waals surface area contributed by atoms with E-state index >= 15 is 0 Å². The van der Waals surface area contributed by atoms with Gasteiger partial charge in [-0.3, -0.25) is 0 Å². The van der Waals surface area contributed by atoms with Crippen LogP contribution in [-0.2, 0) is 6.54 Å². The number of nitrogens with one attached hydrogen (secondary N) is 1. The predicted octanol–water partition coefficient (Wildman–Crippen LogP) is 4.52. The minimum Gasteiger partial charge on any atom is -0.489 e. The summed E-state index contributed by atoms with van der Waals surface area (Å²) in [5, 5.41) is 3.46. The fourth-order valence-corrected chi connectivity index (χ4v) is 2.96. The second-order valence-electron chi connectivity index (χ2n) is 5.81. The quantitative estimate of drug-likeness (QED) is 0.830. The van der Waals surface area contributed by atoms with Gasteiger partial charge in [-0.1, -0.05) is 19.9 Å². The van der Waals surface area contributed by atoms with Gasteiger partial charge in [-0.2, -0.15) is 0 Å². The van der Waals surface area contributed by atoms with Gasteiger partial charge in [0.05, 0.1) is 10.6 Å². The van der Waals surface area contributed by atoms with Crippen molar-refractivity contribution in [3.05, 3.63) is 28.2 Å². The van der Waals surface area contributed by atoms with Crippen LogP contribution in [0.3, 0.4) is 0 Å². The van der Waals surface area contributed by atoms with Gasteiger partial charge >= 0.3 is 0 Å². The third-order valence-corrected chi connectivity index (χ3v) is 4.09. The fraction of sp³-hybridized carbons (Fsp3) is 0.625. The summed E-state index contributed by atoms with van der Waals surface area (Å²) in [6.45, 7) is 6.42. The van der Waals surface area contributed by atoms with Gasteiger partial charge in [-0.25, -0.2) is 0 Å². The summed E-state index contributed by atoms with van der Waals surface area (Å²) in [7, 11) is 0. The standard InChI is InChI=1S/C16H24BrNO/c1-12(2)10-18-11-13-7-8-16(15(17)9-13)19-14-5-3-4-6-14/h7-9,12,14,18H,3-6,10-11H2,1-2H3. The molecule has 0 heterocycles. The monoisotopic (exact) mass is 325 g/mol. The lowest BCUT2D eigenvalue weighted by molar-refractivity contribution is 0.208. The molecule has 0 saturated heterocycles. The van der Waals surface area contributed by atoms with Crippen molar-refractivity contribution in [1.82, 2.24) is 5.32 Å². The lowest BCUT2D eigenvalue weighted by atomic mass is 10.2. The maximum Gasteiger partial charge on any atom is 0.133 e. The first-order valence-corrected chi connectivity index (χ1v) is 8.10. The molecule has 106 valence electrons. The van der Waals surface area contributed by atoms with Gasteiger partial charge in [-0.15, -0.1) is 0 Å². The van der Waals surface area contributed by atoms with Crippen LogP contribution in [0.2, 0.25) is 0 Å². The van der Waals surface area contributed by atoms with Crippen LogP contribution >= 0.6 is 15.9 Å². The molecule has 0 radical (unpaired) electrons. The third-order valence-electron chi connectivity index (χ3n) is 3.47. The molecule has 1 aliphatic rings. The van der Waals surface area contributed by atoms with Crippen LogP contribution in [0.5, 0.6) is 5.75 Å². The van der Waals surface area contributed by atoms with Crippen LogP contribution in [0.25, 0.3) is 0 Å². The van der Waals surface area contributed by atoms with Gasteiger partial charge in [0, 0.05) is 6.54 Å². The number of hydrogen-bond acceptors (Lipinski definition) is 2. The maximum absolute atomic E-state index is 6.04. The third kappa shape index (κ3) is 4.81. The van der Waals surface area contributed by atoms with Gasteiger partial charge in [0.2, 0.25) is 0 Å². The molecular formula is C16H24BrNO. The van der Waals surface area contributed by atoms with Crippen molar-refractivity contribution in [2.45, 2.75) is 52.2 Å². The van der Waals surface area contributed by atoms with Crippen molar-refractivity contribution in [3.8, 4) is 5.75 Å². The number of benzene rings is 1. The Balaban J connectivity index is 1.88. The Hall–Kier alpha value is -0.540. The molecule has 1 N–H and O–H groups in total. The molecule has 0 bridgehead atoms. The van der Waals surface area contributed by atoms with Crippen molar-refractivity contribution >= 4 is 15.9 Å². The molecule has 0 aromatic heterocycles. The molecule has 3 heteroatoms. The SMILES string of the molecule is CC(C)CNCc1ccc(OC2CCCC2)c(Br)c1. The van der Waals surface area contributed by atoms with E-state index < -0.39 is 0 Å². The Kier molecular flexibility index (Phi) is 5.71. The molecule has 1 saturated carbocycles. The number of halogens is 1. The molecule has 0 unspecified atom stereocenters. The summed E-state index contributed by atoms with van der Waals surface area (Å²) in [6.07, 6.45) is 5.42. The van der Waals surface area contributed by atoms with Crippen molar-refractivity contribution in [2.75, 3.05) is 6.54 Å². The van der Waals surface area contributed by atoms with Crippen LogP contribution in [0.1, 0.15) is 45.1 Å². The maximum atomic E-state index is 6.04. The number of hydrogen-bond donors (Lipinski definition) is 1. The molecule has 0 aliphatic heterocycles. The van der Waals surface area contributed by atoms with Crippen LogP contribution in [0, 0.1) is 5.92 Å². The van der Waals surface area contributed by atoms with Crippen LogP contribution < -0.4 is 10.1 Å². The average molecular weight is 326 g/mol. The first-order valence-electron chi connectivity index (χ1n) is 7.31. The first-order chi connectivity index (χ1) is 9.15. The Morgan fingerprint density at radius 2 is 2.05 bits per heavy atom. The molecule has 1 aromatic rings. The zero-order valence-electron chi connectivity index (χ0n) is 11.9. The summed E-state index contributed by atoms with van der Waals surface area (Å²) in [4.78, 5) is 0. The minimum atomic E-state index is 0.418. The molecule has 0 atom stereocenters. The summed E-state index contributed by atoms with van der Waals surface area (Å²) in [5.41, 5.74) is 1.30. The lowest BCUT2D eigenvalue weighted by Crippen LogP contribution is -2.19. The molecular weight excluding hydrogens is 302 g/mol. The Morgan fingerprint density at radius 3 is 2.68 bits per heavy atom. The molecule has 2 rings (SSSR count). The van der Waals surface area contributed by atoms with Gasteiger partial charge in [-0.05, 0) is 71.8 Å². The zero-order valence-corrected chi connectivity index (χ0v) is 13.5. The Bertz CT molecular complexity index is 400. The lowest BCUT2D eigenvalue weighted by Gasteiger charge is -2.15. The van der Waals surface area contributed by atoms with Crippen LogP contribution in [0.15, 0.2) is 22.7 Å². The minimum absolute atomic E-state index is 0.418. The topological polar surface area (TPSA) is 21.3 Å². The largest absolute Gasteiger partial charge is 0.489 e. The Morgan fingerprint density at radius 1 is 1.32 bits per heavy atom. The average Bonchev–Trinajstić information content (AvgIpc) is 2.85. The Labute approximate surface area is 125 Å². The molecule has 1 aliphatic carbocycles. The molecule has 1 fully saturated rings. The van der Waals surface area contributed by atoms with E-state index in [4.69, 9.17) is 4.74 Å². The molecule has 0 amide bonds. The highest BCUT2D eigenvalue weighted by atomic mass is 79.9. The highest BCUT2D eigenvalue weighted by molar-refractivity contribution is 9.10. The summed E-state index contributed by atoms with van der Waals surface area (Å²) in [6, 6.07) is 6.41. The smallest absolute Gasteiger partial charge is 0.133 e. The highest BCUT2D eigenvalue weighted by Gasteiger charge is 2.17. The number of ether oxygens (including phenoxy) is 1. The van der Waals surface area contributed by atoms with Crippen molar-refractivity contribution in [2.24, 2.45) is 5.92 Å². The van der Waals surface area contributed by atoms with E-state index in [1.165, 1.54) is 31.2 Å². The summed E-state index contributed by atoms with van der Waals surface area (Å²) < 4.78 is 7.11. The van der Waals surface area contributed by atoms with E-state index in [0.29, 0.717) is 12.0 Å². The van der Waals surface area contributed by atoms with Gasteiger partial charge in [0.15, 0.2) is 0 Å². The van der Waals surface area contributed by atoms with Crippen molar-refractivity contribution < 1.29 is 4.74 Å². The molecule has 2 nitrogen and oxygen atoms in total. The summed E-state index contributed by atoms with van der Waals surface area (Å²) >= 11 is 3.62. The van der Waals surface area contributed by atoms with Gasteiger partial charge in [0.25, 0.3) is 0 Å². The number of rotatable bonds is 6. The first kappa shape index (κ1) is 14.9. The van der Waals surface area contributed by atoms with Crippen molar-refractivity contribution in [1.29, 1.82) is 0 Å². The molecule has 1 aromatic carbocycles. The van der Waals surface area contributed by atoms with E-state index in [2.05, 4.69) is 53.3 Å². The molecule has 0 spiro atoms. The highest BCUT2D eigenvalue weighted by Crippen LogP contribution is 2.30. The van der Waals surface area contributed by atoms with Crippen LogP contribution in [0.4, 0.5) is 0 Å². The van der Waals surface area contributed by atoms with E-state index in [1.807, 2.05) is 0 Å². The van der Waals surface area contributed by atoms with Gasteiger partial charge in [0.1, 0.15) is 5.75 Å². The van der Waals surface area contributed by atoms with Crippen LogP contribution in [-0.4, -0.2) is 12.6 Å². The van der Waals surface area contributed by atoms with Crippen molar-refractivity contribution in [3.63, 3.8) is 0 Å². The fourth-order valence-electron chi connectivity index (χ4n) is 2.44. The second-order valence-corrected chi connectivity index (χ2v) is 6.67. The second kappa shape index (κ2) is 7.30. The normalized spacial score (nSPS) is 16.2. The van der Waals surface area contributed by atoms with Gasteiger partial charge < -0.3 is 10.1 Å². The predicted molar refractivity (Wildman–Crippen MR) is 83.6 cm³/mol. The molecule has 19 heavy (non-hydrogen) atoms. The zero-order chi connectivity index (χ0) is 13.7. The summed E-state index contributed by atoms with van der Waals surface area (Å²) in [5.74, 6) is 1.67. The van der Waals surface area contributed by atoms with E-state index in [-0.39, 0.29) is 0 Å². The van der Waals surface area contributed by atoms with E-state index in [9.17, 15) is 0 Å². The van der Waals surface area contributed by atoms with E-state index in [1.54, 1.807) is 0 Å². The van der Waals surface area contributed by atoms with E-state index in [0.717, 1.165) is 23.3 Å².